The number of esters is 2. The van der Waals surface area contributed by atoms with E-state index in [0.29, 0.717) is 0 Å². The van der Waals surface area contributed by atoms with Gasteiger partial charge in [-0.05, 0) is 0 Å². The molecule has 0 fully saturated rings. The fraction of sp³-hybridized carbons (Fsp3) is 0.556. The summed E-state index contributed by atoms with van der Waals surface area (Å²) in [5.74, 6) is -5.14. The van der Waals surface area contributed by atoms with Gasteiger partial charge >= 0.3 is 29.5 Å². The van der Waals surface area contributed by atoms with Crippen molar-refractivity contribution in [3.05, 3.63) is 12.2 Å². The van der Waals surface area contributed by atoms with Crippen molar-refractivity contribution in [3.8, 4) is 0 Å². The van der Waals surface area contributed by atoms with Crippen molar-refractivity contribution in [2.45, 2.75) is 23.7 Å². The van der Waals surface area contributed by atoms with Gasteiger partial charge in [0.1, 0.15) is 5.57 Å². The van der Waals surface area contributed by atoms with Crippen molar-refractivity contribution in [2.24, 2.45) is 0 Å². The van der Waals surface area contributed by atoms with E-state index in [1.807, 2.05) is 0 Å². The molecule has 0 saturated heterocycles. The number of hydrogen-bond acceptors (Lipinski definition) is 5. The Morgan fingerprint density at radius 1 is 1.05 bits per heavy atom. The molecule has 0 N–H and O–H groups in total. The Hall–Kier alpha value is -1.53. The Labute approximate surface area is 122 Å². The highest BCUT2D eigenvalue weighted by Crippen LogP contribution is 2.29. The van der Waals surface area contributed by atoms with Gasteiger partial charge in [-0.15, -0.1) is 12.6 Å². The average molecular weight is 362 g/mol. The first-order valence-electron chi connectivity index (χ1n) is 4.86. The van der Waals surface area contributed by atoms with E-state index >= 15 is 0 Å². The SMILES string of the molecule is C=C(C(=O)OC(C(=O)OCC(F)(F)S)C(F)(F)F)C(F)(F)F. The molecule has 128 valence electrons. The molecule has 1 atom stereocenters. The van der Waals surface area contributed by atoms with Crippen molar-refractivity contribution in [1.29, 1.82) is 0 Å². The number of halogens is 8. The number of ether oxygens (including phenoxy) is 2. The number of carbonyl (C=O) groups is 2. The summed E-state index contributed by atoms with van der Waals surface area (Å²) in [7, 11) is 0. The summed E-state index contributed by atoms with van der Waals surface area (Å²) < 4.78 is 105. The van der Waals surface area contributed by atoms with Crippen LogP contribution in [-0.2, 0) is 19.1 Å². The highest BCUT2D eigenvalue weighted by molar-refractivity contribution is 7.81. The lowest BCUT2D eigenvalue weighted by molar-refractivity contribution is -0.231. The fourth-order valence-electron chi connectivity index (χ4n) is 0.776. The predicted molar refractivity (Wildman–Crippen MR) is 56.0 cm³/mol. The first-order chi connectivity index (χ1) is 9.55. The summed E-state index contributed by atoms with van der Waals surface area (Å²) in [6, 6.07) is 0. The van der Waals surface area contributed by atoms with Gasteiger partial charge in [-0.3, -0.25) is 0 Å². The Morgan fingerprint density at radius 3 is 1.82 bits per heavy atom. The van der Waals surface area contributed by atoms with Crippen LogP contribution in [0.15, 0.2) is 12.2 Å². The number of alkyl halides is 8. The monoisotopic (exact) mass is 362 g/mol. The van der Waals surface area contributed by atoms with E-state index in [-0.39, 0.29) is 0 Å². The van der Waals surface area contributed by atoms with Gasteiger partial charge in [0.05, 0.1) is 0 Å². The Morgan fingerprint density at radius 2 is 1.50 bits per heavy atom. The van der Waals surface area contributed by atoms with Crippen LogP contribution in [0, 0.1) is 0 Å². The Bertz CT molecular complexity index is 450. The molecule has 0 aromatic heterocycles. The molecule has 0 rings (SSSR count). The van der Waals surface area contributed by atoms with Gasteiger partial charge in [-0.1, -0.05) is 6.58 Å². The van der Waals surface area contributed by atoms with E-state index in [9.17, 15) is 44.7 Å². The van der Waals surface area contributed by atoms with Gasteiger partial charge < -0.3 is 9.47 Å². The van der Waals surface area contributed by atoms with E-state index in [1.54, 1.807) is 0 Å². The van der Waals surface area contributed by atoms with Gasteiger partial charge in [-0.2, -0.15) is 35.1 Å². The molecule has 0 heterocycles. The van der Waals surface area contributed by atoms with E-state index in [4.69, 9.17) is 0 Å². The highest BCUT2D eigenvalue weighted by Gasteiger charge is 2.51. The van der Waals surface area contributed by atoms with Crippen molar-refractivity contribution >= 4 is 24.6 Å². The Kier molecular flexibility index (Phi) is 6.24. The van der Waals surface area contributed by atoms with E-state index < -0.39 is 47.8 Å². The van der Waals surface area contributed by atoms with Crippen LogP contribution < -0.4 is 0 Å². The van der Waals surface area contributed by atoms with Gasteiger partial charge in [0, 0.05) is 0 Å². The van der Waals surface area contributed by atoms with Crippen molar-refractivity contribution in [3.63, 3.8) is 0 Å². The predicted octanol–water partition coefficient (Wildman–Crippen LogP) is 2.64. The smallest absolute Gasteiger partial charge is 0.436 e. The van der Waals surface area contributed by atoms with Crippen LogP contribution in [0.25, 0.3) is 0 Å². The summed E-state index contributed by atoms with van der Waals surface area (Å²) in [5.41, 5.74) is -2.32. The summed E-state index contributed by atoms with van der Waals surface area (Å²) in [6.07, 6.45) is -14.9. The zero-order valence-corrected chi connectivity index (χ0v) is 11.0. The topological polar surface area (TPSA) is 52.6 Å². The fourth-order valence-corrected chi connectivity index (χ4v) is 0.841. The van der Waals surface area contributed by atoms with Gasteiger partial charge in [0.15, 0.2) is 6.61 Å². The maximum absolute atomic E-state index is 12.4. The average Bonchev–Trinajstić information content (AvgIpc) is 2.28. The van der Waals surface area contributed by atoms with Crippen molar-refractivity contribution in [2.75, 3.05) is 6.61 Å². The molecule has 0 spiro atoms. The lowest BCUT2D eigenvalue weighted by Gasteiger charge is -2.21. The normalized spacial score (nSPS) is 14.2. The van der Waals surface area contributed by atoms with E-state index in [0.717, 1.165) is 0 Å². The molecule has 0 aromatic carbocycles. The standard InChI is InChI=1S/C9H6F8O4S/c1-3(8(12,13)14)5(18)21-4(9(15,16)17)6(19)20-2-7(10,11)22/h4,22H,1-2H2. The number of carbonyl (C=O) groups excluding carboxylic acids is 2. The third-order valence-corrected chi connectivity index (χ3v) is 1.84. The molecule has 0 saturated carbocycles. The second kappa shape index (κ2) is 6.71. The largest absolute Gasteiger partial charge is 0.455 e. The van der Waals surface area contributed by atoms with Crippen LogP contribution in [0.5, 0.6) is 0 Å². The number of hydrogen-bond donors (Lipinski definition) is 1. The number of thiol groups is 1. The molecule has 0 radical (unpaired) electrons. The second-order valence-electron chi connectivity index (χ2n) is 3.58. The molecule has 0 aliphatic rings. The summed E-state index contributed by atoms with van der Waals surface area (Å²) >= 11 is 2.55. The third kappa shape index (κ3) is 6.95. The summed E-state index contributed by atoms with van der Waals surface area (Å²) in [6.45, 7) is 0.237. The van der Waals surface area contributed by atoms with Crippen LogP contribution in [-0.4, -0.2) is 42.3 Å². The third-order valence-electron chi connectivity index (χ3n) is 1.71. The molecule has 0 aromatic rings. The number of rotatable bonds is 5. The highest BCUT2D eigenvalue weighted by atomic mass is 32.1. The van der Waals surface area contributed by atoms with Crippen LogP contribution in [0.3, 0.4) is 0 Å². The quantitative estimate of drug-likeness (QED) is 0.354. The molecule has 0 amide bonds. The molecule has 22 heavy (non-hydrogen) atoms. The zero-order valence-electron chi connectivity index (χ0n) is 10.1. The zero-order chi connectivity index (χ0) is 17.9. The molecule has 13 heteroatoms. The van der Waals surface area contributed by atoms with E-state index in [2.05, 4.69) is 28.7 Å². The molecule has 0 aliphatic heterocycles. The molecule has 0 bridgehead atoms. The molecule has 0 aliphatic carbocycles. The second-order valence-corrected chi connectivity index (χ2v) is 4.23. The van der Waals surface area contributed by atoms with Crippen LogP contribution >= 0.6 is 12.6 Å². The van der Waals surface area contributed by atoms with Gasteiger partial charge in [0.25, 0.3) is 6.10 Å². The Balaban J connectivity index is 5.07. The molecule has 1 unspecified atom stereocenters. The summed E-state index contributed by atoms with van der Waals surface area (Å²) in [5, 5.41) is -3.99. The molecular formula is C9H6F8O4S. The van der Waals surface area contributed by atoms with Gasteiger partial charge in [-0.25, -0.2) is 9.59 Å². The van der Waals surface area contributed by atoms with Crippen LogP contribution in [0.2, 0.25) is 0 Å². The maximum atomic E-state index is 12.4. The molecule has 4 nitrogen and oxygen atoms in total. The van der Waals surface area contributed by atoms with Crippen molar-refractivity contribution in [1.82, 2.24) is 0 Å². The minimum atomic E-state index is -5.69. The molecular weight excluding hydrogens is 356 g/mol. The maximum Gasteiger partial charge on any atom is 0.436 e. The summed E-state index contributed by atoms with van der Waals surface area (Å²) in [4.78, 5) is 21.8. The van der Waals surface area contributed by atoms with E-state index in [1.165, 1.54) is 0 Å². The van der Waals surface area contributed by atoms with Crippen LogP contribution in [0.1, 0.15) is 0 Å². The minimum absolute atomic E-state index is 1.92. The lowest BCUT2D eigenvalue weighted by atomic mass is 10.3. The first-order valence-corrected chi connectivity index (χ1v) is 5.31. The minimum Gasteiger partial charge on any atom is -0.455 e. The lowest BCUT2D eigenvalue weighted by Crippen LogP contribution is -2.43. The van der Waals surface area contributed by atoms with Gasteiger partial charge in [0.2, 0.25) is 0 Å². The van der Waals surface area contributed by atoms with Crippen LogP contribution in [0.4, 0.5) is 35.1 Å². The van der Waals surface area contributed by atoms with Crippen molar-refractivity contribution < 1.29 is 54.2 Å². The first kappa shape index (κ1) is 20.5.